The van der Waals surface area contributed by atoms with Crippen molar-refractivity contribution in [2.45, 2.75) is 57.1 Å². The number of nitrogens with zero attached hydrogens (tertiary/aromatic N) is 1. The molecule has 2 N–H and O–H groups in total. The smallest absolute Gasteiger partial charge is 0.237 e. The number of ether oxygens (including phenoxy) is 1. The highest BCUT2D eigenvalue weighted by Crippen LogP contribution is 2.32. The lowest BCUT2D eigenvalue weighted by atomic mass is 9.85. The van der Waals surface area contributed by atoms with E-state index in [1.54, 1.807) is 7.11 Å². The van der Waals surface area contributed by atoms with E-state index in [9.17, 15) is 9.90 Å². The van der Waals surface area contributed by atoms with Crippen LogP contribution in [0.1, 0.15) is 54.8 Å². The summed E-state index contributed by atoms with van der Waals surface area (Å²) in [7, 11) is 1.68. The predicted molar refractivity (Wildman–Crippen MR) is 102 cm³/mol. The van der Waals surface area contributed by atoms with Crippen molar-refractivity contribution in [2.75, 3.05) is 33.4 Å². The number of hydrogen-bond acceptors (Lipinski definition) is 4. The topological polar surface area (TPSA) is 61.8 Å². The minimum atomic E-state index is -0.643. The van der Waals surface area contributed by atoms with Gasteiger partial charge in [0.15, 0.2) is 0 Å². The summed E-state index contributed by atoms with van der Waals surface area (Å²) in [6.45, 7) is 4.12. The molecule has 0 saturated heterocycles. The number of carbonyl (C=O) groups excluding carboxylic acids is 1. The van der Waals surface area contributed by atoms with Gasteiger partial charge in [0.1, 0.15) is 0 Å². The summed E-state index contributed by atoms with van der Waals surface area (Å²) in [6, 6.07) is 6.27. The van der Waals surface area contributed by atoms with Gasteiger partial charge in [-0.1, -0.05) is 37.5 Å². The molecule has 1 fully saturated rings. The molecule has 5 nitrogen and oxygen atoms in total. The summed E-state index contributed by atoms with van der Waals surface area (Å²) in [5.41, 5.74) is 3.20. The molecule has 1 saturated carbocycles. The van der Waals surface area contributed by atoms with Crippen LogP contribution >= 0.6 is 0 Å². The Kier molecular flexibility index (Phi) is 6.33. The lowest BCUT2D eigenvalue weighted by molar-refractivity contribution is -0.134. The van der Waals surface area contributed by atoms with E-state index in [2.05, 4.69) is 30.4 Å². The fourth-order valence-electron chi connectivity index (χ4n) is 4.46. The van der Waals surface area contributed by atoms with Crippen LogP contribution in [0, 0.1) is 6.92 Å². The Morgan fingerprint density at radius 3 is 2.85 bits per heavy atom. The van der Waals surface area contributed by atoms with Crippen LogP contribution in [0.3, 0.4) is 0 Å². The molecule has 3 rings (SSSR count). The van der Waals surface area contributed by atoms with Crippen molar-refractivity contribution < 1.29 is 14.6 Å². The summed E-state index contributed by atoms with van der Waals surface area (Å²) in [4.78, 5) is 14.8. The van der Waals surface area contributed by atoms with Gasteiger partial charge in [-0.15, -0.1) is 0 Å². The molecule has 0 radical (unpaired) electrons. The molecule has 1 aromatic carbocycles. The van der Waals surface area contributed by atoms with Gasteiger partial charge < -0.3 is 20.1 Å². The van der Waals surface area contributed by atoms with E-state index in [0.29, 0.717) is 13.2 Å². The predicted octanol–water partition coefficient (Wildman–Crippen LogP) is 2.35. The van der Waals surface area contributed by atoms with Crippen molar-refractivity contribution in [3.63, 3.8) is 0 Å². The molecular formula is C21H32N2O3. The first-order valence-corrected chi connectivity index (χ1v) is 9.84. The third-order valence-electron chi connectivity index (χ3n) is 5.94. The molecule has 144 valence electrons. The highest BCUT2D eigenvalue weighted by molar-refractivity contribution is 5.79. The zero-order valence-corrected chi connectivity index (χ0v) is 16.1. The van der Waals surface area contributed by atoms with Gasteiger partial charge in [-0.05, 0) is 42.9 Å². The first-order valence-electron chi connectivity index (χ1n) is 9.84. The maximum atomic E-state index is 12.9. The highest BCUT2D eigenvalue weighted by atomic mass is 16.5. The van der Waals surface area contributed by atoms with Gasteiger partial charge in [0.2, 0.25) is 5.91 Å². The SMILES string of the molecule is COC[C@H]1c2cccc(C)c2CCN1C(=O)CNCC1(O)CCCCC1. The zero-order chi connectivity index (χ0) is 18.6. The second-order valence-corrected chi connectivity index (χ2v) is 7.84. The third kappa shape index (κ3) is 4.27. The van der Waals surface area contributed by atoms with E-state index < -0.39 is 5.60 Å². The van der Waals surface area contributed by atoms with E-state index in [1.807, 2.05) is 4.90 Å². The van der Waals surface area contributed by atoms with Gasteiger partial charge in [0.05, 0.1) is 24.8 Å². The number of aryl methyl sites for hydroxylation is 1. The summed E-state index contributed by atoms with van der Waals surface area (Å²) in [5, 5.41) is 13.8. The lowest BCUT2D eigenvalue weighted by Crippen LogP contribution is -2.49. The van der Waals surface area contributed by atoms with E-state index in [1.165, 1.54) is 23.1 Å². The van der Waals surface area contributed by atoms with Crippen LogP contribution in [0.25, 0.3) is 0 Å². The lowest BCUT2D eigenvalue weighted by Gasteiger charge is -2.38. The maximum Gasteiger partial charge on any atom is 0.237 e. The van der Waals surface area contributed by atoms with Gasteiger partial charge in [-0.25, -0.2) is 0 Å². The van der Waals surface area contributed by atoms with Gasteiger partial charge >= 0.3 is 0 Å². The van der Waals surface area contributed by atoms with Crippen LogP contribution in [0.4, 0.5) is 0 Å². The monoisotopic (exact) mass is 360 g/mol. The van der Waals surface area contributed by atoms with E-state index >= 15 is 0 Å². The van der Waals surface area contributed by atoms with E-state index in [4.69, 9.17) is 4.74 Å². The largest absolute Gasteiger partial charge is 0.389 e. The molecule has 0 unspecified atom stereocenters. The van der Waals surface area contributed by atoms with Crippen molar-refractivity contribution >= 4 is 5.91 Å². The number of hydrogen-bond donors (Lipinski definition) is 2. The molecular weight excluding hydrogens is 328 g/mol. The molecule has 0 aromatic heterocycles. The van der Waals surface area contributed by atoms with Crippen molar-refractivity contribution in [1.82, 2.24) is 10.2 Å². The summed E-state index contributed by atoms with van der Waals surface area (Å²) in [5.74, 6) is 0.0821. The van der Waals surface area contributed by atoms with Crippen LogP contribution in [-0.4, -0.2) is 54.9 Å². The summed E-state index contributed by atoms with van der Waals surface area (Å²) in [6.07, 6.45) is 5.90. The van der Waals surface area contributed by atoms with E-state index in [-0.39, 0.29) is 18.5 Å². The molecule has 1 atom stereocenters. The number of aliphatic hydroxyl groups is 1. The van der Waals surface area contributed by atoms with Gasteiger partial charge in [0, 0.05) is 20.2 Å². The minimum Gasteiger partial charge on any atom is -0.389 e. The molecule has 1 aromatic rings. The Morgan fingerprint density at radius 1 is 1.35 bits per heavy atom. The first kappa shape index (κ1) is 19.3. The average Bonchev–Trinajstić information content (AvgIpc) is 2.63. The molecule has 2 aliphatic rings. The Bertz CT molecular complexity index is 626. The maximum absolute atomic E-state index is 12.9. The Hall–Kier alpha value is -1.43. The fourth-order valence-corrected chi connectivity index (χ4v) is 4.46. The first-order chi connectivity index (χ1) is 12.5. The van der Waals surface area contributed by atoms with Gasteiger partial charge in [-0.3, -0.25) is 4.79 Å². The Morgan fingerprint density at radius 2 is 2.12 bits per heavy atom. The van der Waals surface area contributed by atoms with Crippen LogP contribution in [-0.2, 0) is 16.0 Å². The summed E-state index contributed by atoms with van der Waals surface area (Å²) >= 11 is 0. The molecule has 1 aliphatic carbocycles. The summed E-state index contributed by atoms with van der Waals surface area (Å²) < 4.78 is 5.42. The number of amides is 1. The quantitative estimate of drug-likeness (QED) is 0.817. The van der Waals surface area contributed by atoms with Gasteiger partial charge in [-0.2, -0.15) is 0 Å². The molecule has 1 amide bonds. The zero-order valence-electron chi connectivity index (χ0n) is 16.1. The van der Waals surface area contributed by atoms with Crippen LogP contribution < -0.4 is 5.32 Å². The normalized spacial score (nSPS) is 22.1. The number of carbonyl (C=O) groups is 1. The van der Waals surface area contributed by atoms with E-state index in [0.717, 1.165) is 38.6 Å². The second-order valence-electron chi connectivity index (χ2n) is 7.84. The average molecular weight is 360 g/mol. The molecule has 26 heavy (non-hydrogen) atoms. The highest BCUT2D eigenvalue weighted by Gasteiger charge is 2.32. The molecule has 0 spiro atoms. The number of nitrogens with one attached hydrogen (secondary N) is 1. The third-order valence-corrected chi connectivity index (χ3v) is 5.94. The number of fused-ring (bicyclic) bond motifs is 1. The standard InChI is InChI=1S/C21H32N2O3/c1-16-7-6-8-18-17(16)9-12-23(19(18)14-26-2)20(24)13-22-15-21(25)10-4-3-5-11-21/h6-8,19,22,25H,3-5,9-15H2,1-2H3/t19-/m0/s1. The number of rotatable bonds is 6. The van der Waals surface area contributed by atoms with Crippen molar-refractivity contribution in [3.8, 4) is 0 Å². The molecule has 1 aliphatic heterocycles. The Balaban J connectivity index is 1.63. The second kappa shape index (κ2) is 8.51. The van der Waals surface area contributed by atoms with Crippen molar-refractivity contribution in [2.24, 2.45) is 0 Å². The van der Waals surface area contributed by atoms with Crippen LogP contribution in [0.2, 0.25) is 0 Å². The number of methoxy groups -OCH3 is 1. The van der Waals surface area contributed by atoms with Crippen LogP contribution in [0.5, 0.6) is 0 Å². The Labute approximate surface area is 156 Å². The molecule has 0 bridgehead atoms. The fraction of sp³-hybridized carbons (Fsp3) is 0.667. The van der Waals surface area contributed by atoms with Crippen molar-refractivity contribution in [1.29, 1.82) is 0 Å². The number of benzene rings is 1. The van der Waals surface area contributed by atoms with Crippen molar-refractivity contribution in [3.05, 3.63) is 34.9 Å². The molecule has 1 heterocycles. The van der Waals surface area contributed by atoms with Crippen LogP contribution in [0.15, 0.2) is 18.2 Å². The van der Waals surface area contributed by atoms with Gasteiger partial charge in [0.25, 0.3) is 0 Å². The minimum absolute atomic E-state index is 0.0317. The molecule has 5 heteroatoms.